The first-order chi connectivity index (χ1) is 8.22. The highest BCUT2D eigenvalue weighted by Crippen LogP contribution is 2.22. The van der Waals surface area contributed by atoms with Crippen LogP contribution in [0.25, 0.3) is 11.3 Å². The van der Waals surface area contributed by atoms with Gasteiger partial charge >= 0.3 is 0 Å². The summed E-state index contributed by atoms with van der Waals surface area (Å²) in [6.45, 7) is -0.667. The molecular formula is C12H12FN3O. The lowest BCUT2D eigenvalue weighted by atomic mass is 10.1. The molecule has 4 nitrogen and oxygen atoms in total. The Hall–Kier alpha value is -2.17. The Balaban J connectivity index is 2.50. The molecule has 0 unspecified atom stereocenters. The lowest BCUT2D eigenvalue weighted by Gasteiger charge is -2.07. The van der Waals surface area contributed by atoms with Gasteiger partial charge in [-0.05, 0) is 12.1 Å². The zero-order valence-electron chi connectivity index (χ0n) is 9.14. The fourth-order valence-corrected chi connectivity index (χ4v) is 1.56. The Labute approximate surface area is 97.5 Å². The van der Waals surface area contributed by atoms with Gasteiger partial charge in [-0.15, -0.1) is 0 Å². The third kappa shape index (κ3) is 2.33. The van der Waals surface area contributed by atoms with Crippen LogP contribution in [0, 0.1) is 0 Å². The summed E-state index contributed by atoms with van der Waals surface area (Å²) < 4.78 is 13.3. The highest BCUT2D eigenvalue weighted by Gasteiger charge is 2.05. The minimum absolute atomic E-state index is 0.0423. The molecule has 0 bridgehead atoms. The summed E-state index contributed by atoms with van der Waals surface area (Å²) >= 11 is 0. The van der Waals surface area contributed by atoms with E-state index in [2.05, 4.69) is 5.10 Å². The molecule has 0 aliphatic heterocycles. The van der Waals surface area contributed by atoms with E-state index in [1.807, 2.05) is 18.2 Å². The molecule has 2 aromatic rings. The second-order valence-corrected chi connectivity index (χ2v) is 3.56. The van der Waals surface area contributed by atoms with Crippen LogP contribution in [0.4, 0.5) is 10.1 Å². The Kier molecular flexibility index (Phi) is 3.18. The van der Waals surface area contributed by atoms with Crippen LogP contribution in [0.5, 0.6) is 0 Å². The summed E-state index contributed by atoms with van der Waals surface area (Å²) in [6, 6.07) is 10.2. The number of halogens is 1. The number of nitrogen functional groups attached to an aromatic ring is 1. The molecule has 1 aromatic carbocycles. The summed E-state index contributed by atoms with van der Waals surface area (Å²) in [4.78, 5) is 11.4. The van der Waals surface area contributed by atoms with Crippen molar-refractivity contribution < 1.29 is 4.39 Å². The van der Waals surface area contributed by atoms with Gasteiger partial charge in [0.25, 0.3) is 5.56 Å². The maximum absolute atomic E-state index is 12.2. The summed E-state index contributed by atoms with van der Waals surface area (Å²) in [7, 11) is 0. The molecule has 0 aliphatic rings. The molecule has 0 fully saturated rings. The maximum Gasteiger partial charge on any atom is 0.266 e. The monoisotopic (exact) mass is 233 g/mol. The lowest BCUT2D eigenvalue weighted by Crippen LogP contribution is -2.23. The Morgan fingerprint density at radius 3 is 2.71 bits per heavy atom. The first-order valence-corrected chi connectivity index (χ1v) is 5.21. The molecule has 0 saturated heterocycles. The van der Waals surface area contributed by atoms with Crippen molar-refractivity contribution in [3.8, 4) is 11.3 Å². The van der Waals surface area contributed by atoms with Crippen molar-refractivity contribution in [2.45, 2.75) is 6.54 Å². The summed E-state index contributed by atoms with van der Waals surface area (Å²) in [6.07, 6.45) is 0. The number of nitrogens with two attached hydrogens (primary N) is 1. The molecule has 2 rings (SSSR count). The van der Waals surface area contributed by atoms with Crippen LogP contribution >= 0.6 is 0 Å². The van der Waals surface area contributed by atoms with Gasteiger partial charge in [0, 0.05) is 17.3 Å². The highest BCUT2D eigenvalue weighted by atomic mass is 19.1. The molecular weight excluding hydrogens is 221 g/mol. The molecule has 5 heteroatoms. The van der Waals surface area contributed by atoms with Crippen molar-refractivity contribution in [1.29, 1.82) is 0 Å². The van der Waals surface area contributed by atoms with E-state index in [0.717, 1.165) is 10.2 Å². The van der Waals surface area contributed by atoms with Crippen molar-refractivity contribution in [1.82, 2.24) is 9.78 Å². The molecule has 0 radical (unpaired) electrons. The molecule has 1 aromatic heterocycles. The van der Waals surface area contributed by atoms with Gasteiger partial charge in [0.1, 0.15) is 6.67 Å². The third-order valence-corrected chi connectivity index (χ3v) is 2.40. The van der Waals surface area contributed by atoms with E-state index < -0.39 is 6.67 Å². The Morgan fingerprint density at radius 2 is 2.00 bits per heavy atom. The number of alkyl halides is 1. The van der Waals surface area contributed by atoms with Crippen molar-refractivity contribution in [3.63, 3.8) is 0 Å². The molecule has 0 aliphatic carbocycles. The number of para-hydroxylation sites is 1. The van der Waals surface area contributed by atoms with E-state index >= 15 is 0 Å². The first kappa shape index (κ1) is 11.3. The van der Waals surface area contributed by atoms with Crippen molar-refractivity contribution in [2.75, 3.05) is 12.4 Å². The highest BCUT2D eigenvalue weighted by molar-refractivity contribution is 5.72. The van der Waals surface area contributed by atoms with Gasteiger partial charge in [0.2, 0.25) is 0 Å². The quantitative estimate of drug-likeness (QED) is 0.816. The van der Waals surface area contributed by atoms with Crippen molar-refractivity contribution in [2.24, 2.45) is 0 Å². The number of hydrogen-bond acceptors (Lipinski definition) is 3. The smallest absolute Gasteiger partial charge is 0.266 e. The average Bonchev–Trinajstić information content (AvgIpc) is 2.33. The lowest BCUT2D eigenvalue weighted by molar-refractivity contribution is 0.418. The molecule has 0 spiro atoms. The number of anilines is 1. The van der Waals surface area contributed by atoms with Gasteiger partial charge in [0.05, 0.1) is 12.2 Å². The van der Waals surface area contributed by atoms with E-state index in [9.17, 15) is 9.18 Å². The summed E-state index contributed by atoms with van der Waals surface area (Å²) in [5.74, 6) is 0. The Morgan fingerprint density at radius 1 is 1.24 bits per heavy atom. The van der Waals surface area contributed by atoms with Gasteiger partial charge in [-0.25, -0.2) is 9.07 Å². The molecule has 1 heterocycles. The van der Waals surface area contributed by atoms with Crippen molar-refractivity contribution in [3.05, 3.63) is 46.8 Å². The molecule has 2 N–H and O–H groups in total. The summed E-state index contributed by atoms with van der Waals surface area (Å²) in [5.41, 5.74) is 7.37. The van der Waals surface area contributed by atoms with Gasteiger partial charge in [-0.1, -0.05) is 18.2 Å². The number of hydrogen-bond donors (Lipinski definition) is 1. The van der Waals surface area contributed by atoms with Crippen molar-refractivity contribution >= 4 is 5.69 Å². The predicted molar refractivity (Wildman–Crippen MR) is 64.3 cm³/mol. The SMILES string of the molecule is Nc1ccccc1-c1ccc(=O)n(CCF)n1. The van der Waals surface area contributed by atoms with E-state index in [0.29, 0.717) is 11.4 Å². The fourth-order valence-electron chi connectivity index (χ4n) is 1.56. The van der Waals surface area contributed by atoms with Crippen LogP contribution in [0.1, 0.15) is 0 Å². The molecule has 0 amide bonds. The number of aromatic nitrogens is 2. The van der Waals surface area contributed by atoms with E-state index in [4.69, 9.17) is 5.73 Å². The molecule has 0 saturated carbocycles. The minimum Gasteiger partial charge on any atom is -0.398 e. The number of benzene rings is 1. The zero-order valence-corrected chi connectivity index (χ0v) is 9.14. The Bertz CT molecular complexity index is 580. The fraction of sp³-hybridized carbons (Fsp3) is 0.167. The normalized spacial score (nSPS) is 10.4. The number of nitrogens with zero attached hydrogens (tertiary/aromatic N) is 2. The molecule has 17 heavy (non-hydrogen) atoms. The number of aryl methyl sites for hydroxylation is 1. The van der Waals surface area contributed by atoms with Gasteiger partial charge in [-0.3, -0.25) is 4.79 Å². The average molecular weight is 233 g/mol. The topological polar surface area (TPSA) is 60.9 Å². The zero-order chi connectivity index (χ0) is 12.3. The standard InChI is InChI=1S/C12H12FN3O/c13-7-8-16-12(17)6-5-11(15-16)9-3-1-2-4-10(9)14/h1-6H,7-8,14H2. The van der Waals surface area contributed by atoms with E-state index in [1.165, 1.54) is 6.07 Å². The van der Waals surface area contributed by atoms with Crippen LogP contribution in [-0.2, 0) is 6.54 Å². The predicted octanol–water partition coefficient (Wildman–Crippen LogP) is 1.46. The van der Waals surface area contributed by atoms with Crippen LogP contribution in [0.2, 0.25) is 0 Å². The van der Waals surface area contributed by atoms with Crippen LogP contribution in [0.15, 0.2) is 41.2 Å². The second kappa shape index (κ2) is 4.78. The van der Waals surface area contributed by atoms with Crippen LogP contribution in [-0.4, -0.2) is 16.5 Å². The largest absolute Gasteiger partial charge is 0.398 e. The first-order valence-electron chi connectivity index (χ1n) is 5.21. The second-order valence-electron chi connectivity index (χ2n) is 3.56. The molecule has 88 valence electrons. The van der Waals surface area contributed by atoms with Gasteiger partial charge < -0.3 is 5.73 Å². The van der Waals surface area contributed by atoms with Crippen LogP contribution in [0.3, 0.4) is 0 Å². The maximum atomic E-state index is 12.2. The van der Waals surface area contributed by atoms with E-state index in [-0.39, 0.29) is 12.1 Å². The van der Waals surface area contributed by atoms with Gasteiger partial charge in [-0.2, -0.15) is 5.10 Å². The van der Waals surface area contributed by atoms with Crippen LogP contribution < -0.4 is 11.3 Å². The molecule has 0 atom stereocenters. The minimum atomic E-state index is -0.624. The third-order valence-electron chi connectivity index (χ3n) is 2.40. The number of rotatable bonds is 3. The van der Waals surface area contributed by atoms with Gasteiger partial charge in [0.15, 0.2) is 0 Å². The van der Waals surface area contributed by atoms with E-state index in [1.54, 1.807) is 12.1 Å². The summed E-state index contributed by atoms with van der Waals surface area (Å²) in [5, 5.41) is 4.08.